The summed E-state index contributed by atoms with van der Waals surface area (Å²) in [6.45, 7) is 5.14. The molecule has 9 nitrogen and oxygen atoms in total. The summed E-state index contributed by atoms with van der Waals surface area (Å²) in [7, 11) is -1.40. The summed E-state index contributed by atoms with van der Waals surface area (Å²) in [5.41, 5.74) is 1.91. The first-order valence-corrected chi connectivity index (χ1v) is 14.5. The molecule has 0 aliphatic carbocycles. The molecule has 0 aliphatic rings. The molecule has 0 spiro atoms. The van der Waals surface area contributed by atoms with E-state index >= 15 is 0 Å². The van der Waals surface area contributed by atoms with Gasteiger partial charge in [0, 0.05) is 24.2 Å². The van der Waals surface area contributed by atoms with Gasteiger partial charge in [0.05, 0.1) is 24.8 Å². The molecule has 0 aliphatic heterocycles. The predicted molar refractivity (Wildman–Crippen MR) is 155 cm³/mol. The van der Waals surface area contributed by atoms with Gasteiger partial charge in [0.15, 0.2) is 11.5 Å². The zero-order valence-corrected chi connectivity index (χ0v) is 24.8. The zero-order chi connectivity index (χ0) is 29.4. The van der Waals surface area contributed by atoms with Crippen LogP contribution in [0, 0.1) is 6.92 Å². The summed E-state index contributed by atoms with van der Waals surface area (Å²) in [4.78, 5) is 28.0. The van der Waals surface area contributed by atoms with Gasteiger partial charge < -0.3 is 19.7 Å². The first-order chi connectivity index (χ1) is 19.0. The van der Waals surface area contributed by atoms with E-state index in [0.717, 1.165) is 9.87 Å². The number of likely N-dealkylation sites (N-methyl/N-ethyl adjacent to an activating group) is 1. The molecule has 214 valence electrons. The van der Waals surface area contributed by atoms with Crippen LogP contribution in [0.2, 0.25) is 5.02 Å². The van der Waals surface area contributed by atoms with Gasteiger partial charge >= 0.3 is 0 Å². The summed E-state index contributed by atoms with van der Waals surface area (Å²) >= 11 is 6.16. The topological polar surface area (TPSA) is 105 Å². The molecule has 3 aromatic rings. The summed E-state index contributed by atoms with van der Waals surface area (Å²) in [6.07, 6.45) is 0. The average molecular weight is 588 g/mol. The Hall–Kier alpha value is -3.76. The van der Waals surface area contributed by atoms with E-state index in [1.165, 1.54) is 37.3 Å². The number of sulfonamides is 1. The van der Waals surface area contributed by atoms with Crippen LogP contribution in [0.3, 0.4) is 0 Å². The van der Waals surface area contributed by atoms with Crippen molar-refractivity contribution < 1.29 is 27.5 Å². The molecule has 3 rings (SSSR count). The van der Waals surface area contributed by atoms with Gasteiger partial charge in [-0.3, -0.25) is 13.9 Å². The van der Waals surface area contributed by atoms with Gasteiger partial charge in [-0.1, -0.05) is 41.4 Å². The van der Waals surface area contributed by atoms with Crippen molar-refractivity contribution in [1.82, 2.24) is 10.2 Å². The lowest BCUT2D eigenvalue weighted by Gasteiger charge is -2.32. The van der Waals surface area contributed by atoms with Crippen molar-refractivity contribution in [2.24, 2.45) is 0 Å². The van der Waals surface area contributed by atoms with Crippen LogP contribution < -0.4 is 19.1 Å². The lowest BCUT2D eigenvalue weighted by molar-refractivity contribution is -0.139. The minimum absolute atomic E-state index is 0.0514. The number of amides is 2. The molecule has 1 atom stereocenters. The fourth-order valence-electron chi connectivity index (χ4n) is 4.08. The molecule has 0 heterocycles. The Kier molecular flexibility index (Phi) is 10.4. The van der Waals surface area contributed by atoms with Crippen molar-refractivity contribution >= 4 is 39.1 Å². The third-order valence-corrected chi connectivity index (χ3v) is 8.31. The summed E-state index contributed by atoms with van der Waals surface area (Å²) < 4.78 is 39.6. The highest BCUT2D eigenvalue weighted by Crippen LogP contribution is 2.32. The quantitative estimate of drug-likeness (QED) is 0.336. The Balaban J connectivity index is 2.07. The summed E-state index contributed by atoms with van der Waals surface area (Å²) in [5, 5.41) is 3.21. The molecule has 0 unspecified atom stereocenters. The highest BCUT2D eigenvalue weighted by Gasteiger charge is 2.33. The second-order valence-electron chi connectivity index (χ2n) is 9.09. The first-order valence-electron chi connectivity index (χ1n) is 12.6. The number of carbonyl (C=O) groups excluding carboxylic acids is 2. The zero-order valence-electron chi connectivity index (χ0n) is 23.2. The van der Waals surface area contributed by atoms with Crippen LogP contribution in [0.15, 0.2) is 71.6 Å². The number of hydrogen-bond donors (Lipinski definition) is 1. The highest BCUT2D eigenvalue weighted by molar-refractivity contribution is 7.92. The van der Waals surface area contributed by atoms with E-state index in [1.54, 1.807) is 62.4 Å². The SMILES string of the molecule is CCNC(=O)[C@@H](C)N(Cc1cccc(Cl)c1)C(=O)CN(c1ccc(C)cc1)S(=O)(=O)c1ccc(OC)c(OC)c1. The number of anilines is 1. The molecule has 0 bridgehead atoms. The second kappa shape index (κ2) is 13.5. The Morgan fingerprint density at radius 1 is 0.975 bits per heavy atom. The van der Waals surface area contributed by atoms with Crippen molar-refractivity contribution in [2.75, 3.05) is 31.6 Å². The number of hydrogen-bond acceptors (Lipinski definition) is 6. The van der Waals surface area contributed by atoms with Crippen molar-refractivity contribution in [3.8, 4) is 11.5 Å². The molecule has 0 fully saturated rings. The molecule has 11 heteroatoms. The third-order valence-electron chi connectivity index (χ3n) is 6.30. The maximum atomic E-state index is 14.0. The van der Waals surface area contributed by atoms with Crippen molar-refractivity contribution in [3.63, 3.8) is 0 Å². The standard InChI is InChI=1S/C29H34ClN3O6S/c1-6-31-29(35)21(3)32(18-22-8-7-9-23(30)16-22)28(34)19-33(24-12-10-20(2)11-13-24)40(36,37)25-14-15-26(38-4)27(17-25)39-5/h7-17,21H,6,18-19H2,1-5H3,(H,31,35)/t21-/m1/s1. The number of rotatable bonds is 12. The number of benzene rings is 3. The van der Waals surface area contributed by atoms with Crippen LogP contribution in [-0.2, 0) is 26.2 Å². The van der Waals surface area contributed by atoms with Crippen molar-refractivity contribution in [2.45, 2.75) is 38.3 Å². The maximum absolute atomic E-state index is 14.0. The summed E-state index contributed by atoms with van der Waals surface area (Å²) in [6, 6.07) is 17.1. The fraction of sp³-hybridized carbons (Fsp3) is 0.310. The smallest absolute Gasteiger partial charge is 0.264 e. The second-order valence-corrected chi connectivity index (χ2v) is 11.4. The van der Waals surface area contributed by atoms with Crippen molar-refractivity contribution in [3.05, 3.63) is 82.9 Å². The van der Waals surface area contributed by atoms with Crippen LogP contribution in [0.25, 0.3) is 0 Å². The van der Waals surface area contributed by atoms with E-state index in [9.17, 15) is 18.0 Å². The number of halogens is 1. The van der Waals surface area contributed by atoms with Gasteiger partial charge in [-0.15, -0.1) is 0 Å². The normalized spacial score (nSPS) is 11.8. The minimum Gasteiger partial charge on any atom is -0.493 e. The molecule has 0 saturated carbocycles. The lowest BCUT2D eigenvalue weighted by Crippen LogP contribution is -2.51. The van der Waals surface area contributed by atoms with Crippen LogP contribution in [0.1, 0.15) is 25.0 Å². The molecule has 2 amide bonds. The molecule has 0 aromatic heterocycles. The van der Waals surface area contributed by atoms with Gasteiger partial charge in [-0.25, -0.2) is 8.42 Å². The van der Waals surface area contributed by atoms with Gasteiger partial charge in [0.2, 0.25) is 11.8 Å². The Morgan fingerprint density at radius 3 is 2.25 bits per heavy atom. The number of methoxy groups -OCH3 is 2. The minimum atomic E-state index is -4.26. The first kappa shape index (κ1) is 30.8. The maximum Gasteiger partial charge on any atom is 0.264 e. The van der Waals surface area contributed by atoms with E-state index < -0.39 is 28.5 Å². The summed E-state index contributed by atoms with van der Waals surface area (Å²) in [5.74, 6) is -0.333. The molecule has 0 radical (unpaired) electrons. The largest absolute Gasteiger partial charge is 0.493 e. The van der Waals surface area contributed by atoms with Crippen LogP contribution >= 0.6 is 11.6 Å². The van der Waals surface area contributed by atoms with E-state index in [0.29, 0.717) is 28.6 Å². The third kappa shape index (κ3) is 7.25. The number of ether oxygens (including phenoxy) is 2. The van der Waals surface area contributed by atoms with Gasteiger partial charge in [0.25, 0.3) is 10.0 Å². The molecular weight excluding hydrogens is 554 g/mol. The molecular formula is C29H34ClN3O6S. The van der Waals surface area contributed by atoms with Gasteiger partial charge in [-0.2, -0.15) is 0 Å². The van der Waals surface area contributed by atoms with E-state index in [4.69, 9.17) is 21.1 Å². The van der Waals surface area contributed by atoms with Gasteiger partial charge in [0.1, 0.15) is 12.6 Å². The number of nitrogens with zero attached hydrogens (tertiary/aromatic N) is 2. The monoisotopic (exact) mass is 587 g/mol. The van der Waals surface area contributed by atoms with E-state index in [1.807, 2.05) is 6.92 Å². The lowest BCUT2D eigenvalue weighted by atomic mass is 10.1. The van der Waals surface area contributed by atoms with Crippen molar-refractivity contribution in [1.29, 1.82) is 0 Å². The molecule has 1 N–H and O–H groups in total. The predicted octanol–water partition coefficient (Wildman–Crippen LogP) is 4.41. The number of aryl methyl sites for hydroxylation is 1. The van der Waals surface area contributed by atoms with Crippen LogP contribution in [-0.4, -0.2) is 58.5 Å². The molecule has 3 aromatic carbocycles. The van der Waals surface area contributed by atoms with E-state index in [-0.39, 0.29) is 23.1 Å². The number of carbonyl (C=O) groups is 2. The molecule has 0 saturated heterocycles. The Labute approximate surface area is 240 Å². The van der Waals surface area contributed by atoms with Crippen LogP contribution in [0.4, 0.5) is 5.69 Å². The fourth-order valence-corrected chi connectivity index (χ4v) is 5.72. The molecule has 40 heavy (non-hydrogen) atoms. The Morgan fingerprint density at radius 2 is 1.65 bits per heavy atom. The van der Waals surface area contributed by atoms with Gasteiger partial charge in [-0.05, 0) is 62.7 Å². The van der Waals surface area contributed by atoms with Crippen LogP contribution in [0.5, 0.6) is 11.5 Å². The van der Waals surface area contributed by atoms with E-state index in [2.05, 4.69) is 5.32 Å². The number of nitrogens with one attached hydrogen (secondary N) is 1. The Bertz CT molecular complexity index is 1450. The average Bonchev–Trinajstić information content (AvgIpc) is 2.94. The highest BCUT2D eigenvalue weighted by atomic mass is 35.5.